The molecule has 1 aromatic carbocycles. The van der Waals surface area contributed by atoms with Crippen LogP contribution in [0.3, 0.4) is 0 Å². The van der Waals surface area contributed by atoms with Crippen LogP contribution in [0.15, 0.2) is 42.5 Å². The maximum Gasteiger partial charge on any atom is 0.345 e. The Hall–Kier alpha value is -2.58. The number of carboxylic acids is 1. The summed E-state index contributed by atoms with van der Waals surface area (Å²) in [4.78, 5) is 22.4. The van der Waals surface area contributed by atoms with Gasteiger partial charge in [-0.15, -0.1) is 11.3 Å². The van der Waals surface area contributed by atoms with Gasteiger partial charge in [0.05, 0.1) is 5.00 Å². The van der Waals surface area contributed by atoms with Gasteiger partial charge in [-0.25, -0.2) is 4.79 Å². The third kappa shape index (κ3) is 3.69. The van der Waals surface area contributed by atoms with Crippen LogP contribution in [-0.2, 0) is 4.79 Å². The molecule has 1 aromatic heterocycles. The maximum absolute atomic E-state index is 11.5. The van der Waals surface area contributed by atoms with E-state index in [0.717, 1.165) is 16.9 Å². The van der Waals surface area contributed by atoms with E-state index in [9.17, 15) is 9.59 Å². The van der Waals surface area contributed by atoms with E-state index in [1.807, 2.05) is 18.2 Å². The molecule has 1 heterocycles. The molecule has 0 aliphatic carbocycles. The van der Waals surface area contributed by atoms with Crippen LogP contribution >= 0.6 is 11.3 Å². The highest BCUT2D eigenvalue weighted by Crippen LogP contribution is 2.21. The molecule has 0 saturated carbocycles. The van der Waals surface area contributed by atoms with Crippen LogP contribution in [0.1, 0.15) is 15.2 Å². The van der Waals surface area contributed by atoms with E-state index in [-0.39, 0.29) is 4.88 Å². The molecule has 0 unspecified atom stereocenters. The number of carboxylic acid groups (broad SMARTS) is 1. The summed E-state index contributed by atoms with van der Waals surface area (Å²) in [6.45, 7) is 0. The topological polar surface area (TPSA) is 66.4 Å². The van der Waals surface area contributed by atoms with Crippen molar-refractivity contribution in [3.05, 3.63) is 52.9 Å². The van der Waals surface area contributed by atoms with E-state index in [1.54, 1.807) is 12.1 Å². The van der Waals surface area contributed by atoms with Crippen LogP contribution in [0.2, 0.25) is 0 Å². The summed E-state index contributed by atoms with van der Waals surface area (Å²) in [5, 5.41) is 11.7. The average Bonchev–Trinajstić information content (AvgIpc) is 2.86. The summed E-state index contributed by atoms with van der Waals surface area (Å²) in [5.74, 6) is 3.68. The van der Waals surface area contributed by atoms with Crippen molar-refractivity contribution in [2.75, 3.05) is 5.32 Å². The molecule has 2 N–H and O–H groups in total. The van der Waals surface area contributed by atoms with E-state index >= 15 is 0 Å². The minimum atomic E-state index is -1.01. The van der Waals surface area contributed by atoms with E-state index in [1.165, 1.54) is 12.1 Å². The quantitative estimate of drug-likeness (QED) is 0.824. The molecule has 2 rings (SSSR count). The monoisotopic (exact) mass is 271 g/mol. The van der Waals surface area contributed by atoms with Crippen LogP contribution < -0.4 is 5.32 Å². The predicted octanol–water partition coefficient (Wildman–Crippen LogP) is 2.44. The number of hydrogen-bond donors (Lipinski definition) is 2. The summed E-state index contributed by atoms with van der Waals surface area (Å²) in [6, 6.07) is 12.1. The smallest absolute Gasteiger partial charge is 0.345 e. The molecule has 19 heavy (non-hydrogen) atoms. The lowest BCUT2D eigenvalue weighted by Crippen LogP contribution is -2.06. The second kappa shape index (κ2) is 5.85. The first-order valence-electron chi connectivity index (χ1n) is 5.36. The second-order valence-electron chi connectivity index (χ2n) is 3.54. The second-order valence-corrected chi connectivity index (χ2v) is 4.62. The number of carbonyl (C=O) groups is 2. The van der Waals surface area contributed by atoms with Crippen LogP contribution in [0, 0.1) is 11.8 Å². The summed E-state index contributed by atoms with van der Waals surface area (Å²) < 4.78 is 0. The summed E-state index contributed by atoms with van der Waals surface area (Å²) in [6.07, 6.45) is 0. The molecule has 0 bridgehead atoms. The zero-order chi connectivity index (χ0) is 13.7. The molecule has 0 saturated heterocycles. The van der Waals surface area contributed by atoms with Gasteiger partial charge < -0.3 is 10.4 Å². The van der Waals surface area contributed by atoms with Crippen LogP contribution in [0.5, 0.6) is 0 Å². The molecule has 2 aromatic rings. The minimum absolute atomic E-state index is 0.173. The molecule has 5 heteroatoms. The first-order chi connectivity index (χ1) is 9.15. The maximum atomic E-state index is 11.5. The number of nitrogens with one attached hydrogen (secondary N) is 1. The van der Waals surface area contributed by atoms with Gasteiger partial charge in [-0.3, -0.25) is 4.79 Å². The third-order valence-corrected chi connectivity index (χ3v) is 3.14. The fourth-order valence-electron chi connectivity index (χ4n) is 1.31. The van der Waals surface area contributed by atoms with E-state index in [2.05, 4.69) is 17.2 Å². The molecular weight excluding hydrogens is 262 g/mol. The highest BCUT2D eigenvalue weighted by atomic mass is 32.1. The molecule has 94 valence electrons. The van der Waals surface area contributed by atoms with Crippen LogP contribution in [0.4, 0.5) is 5.00 Å². The van der Waals surface area contributed by atoms with Gasteiger partial charge in [0.1, 0.15) is 4.88 Å². The van der Waals surface area contributed by atoms with Crippen molar-refractivity contribution in [2.24, 2.45) is 0 Å². The Morgan fingerprint density at radius 2 is 1.84 bits per heavy atom. The SMILES string of the molecule is O=C(C#Cc1ccccc1)Nc1ccc(C(=O)O)s1. The molecule has 1 amide bonds. The van der Waals surface area contributed by atoms with Gasteiger partial charge in [0.25, 0.3) is 0 Å². The van der Waals surface area contributed by atoms with Gasteiger partial charge in [-0.1, -0.05) is 24.1 Å². The lowest BCUT2D eigenvalue weighted by molar-refractivity contribution is -0.111. The number of carbonyl (C=O) groups excluding carboxylic acids is 1. The Labute approximate surface area is 113 Å². The van der Waals surface area contributed by atoms with Gasteiger partial charge in [-0.05, 0) is 24.3 Å². The van der Waals surface area contributed by atoms with Crippen molar-refractivity contribution in [3.63, 3.8) is 0 Å². The predicted molar refractivity (Wildman–Crippen MR) is 73.2 cm³/mol. The third-order valence-electron chi connectivity index (χ3n) is 2.15. The Morgan fingerprint density at radius 1 is 1.11 bits per heavy atom. The molecule has 0 aliphatic rings. The zero-order valence-electron chi connectivity index (χ0n) is 9.71. The molecule has 0 fully saturated rings. The average molecular weight is 271 g/mol. The van der Waals surface area contributed by atoms with Crippen LogP contribution in [-0.4, -0.2) is 17.0 Å². The van der Waals surface area contributed by atoms with E-state index < -0.39 is 11.9 Å². The van der Waals surface area contributed by atoms with Gasteiger partial charge in [0.15, 0.2) is 0 Å². The Kier molecular flexibility index (Phi) is 3.96. The largest absolute Gasteiger partial charge is 0.477 e. The number of hydrogen-bond acceptors (Lipinski definition) is 3. The number of thiophene rings is 1. The molecular formula is C14H9NO3S. The first-order valence-corrected chi connectivity index (χ1v) is 6.18. The normalized spacial score (nSPS) is 9.26. The van der Waals surface area contributed by atoms with E-state index in [4.69, 9.17) is 5.11 Å². The Bertz CT molecular complexity index is 665. The number of rotatable bonds is 2. The van der Waals surface area contributed by atoms with Crippen molar-refractivity contribution in [1.82, 2.24) is 0 Å². The zero-order valence-corrected chi connectivity index (χ0v) is 10.5. The van der Waals surface area contributed by atoms with E-state index in [0.29, 0.717) is 5.00 Å². The lowest BCUT2D eigenvalue weighted by atomic mass is 10.2. The van der Waals surface area contributed by atoms with Crippen molar-refractivity contribution in [3.8, 4) is 11.8 Å². The van der Waals surface area contributed by atoms with Crippen molar-refractivity contribution in [2.45, 2.75) is 0 Å². The van der Waals surface area contributed by atoms with Gasteiger partial charge in [-0.2, -0.15) is 0 Å². The van der Waals surface area contributed by atoms with Crippen molar-refractivity contribution in [1.29, 1.82) is 0 Å². The molecule has 0 radical (unpaired) electrons. The minimum Gasteiger partial charge on any atom is -0.477 e. The highest BCUT2D eigenvalue weighted by molar-refractivity contribution is 7.18. The lowest BCUT2D eigenvalue weighted by Gasteiger charge is -1.94. The summed E-state index contributed by atoms with van der Waals surface area (Å²) >= 11 is 0.992. The number of amides is 1. The summed E-state index contributed by atoms with van der Waals surface area (Å²) in [7, 11) is 0. The fraction of sp³-hybridized carbons (Fsp3) is 0. The molecule has 0 spiro atoms. The summed E-state index contributed by atoms with van der Waals surface area (Å²) in [5.41, 5.74) is 0.745. The fourth-order valence-corrected chi connectivity index (χ4v) is 2.05. The Balaban J connectivity index is 2.02. The Morgan fingerprint density at radius 3 is 2.47 bits per heavy atom. The highest BCUT2D eigenvalue weighted by Gasteiger charge is 2.07. The molecule has 4 nitrogen and oxygen atoms in total. The molecule has 0 aliphatic heterocycles. The number of aromatic carboxylic acids is 1. The van der Waals surface area contributed by atoms with Gasteiger partial charge in [0, 0.05) is 11.5 Å². The molecule has 0 atom stereocenters. The standard InChI is InChI=1S/C14H9NO3S/c16-12(8-6-10-4-2-1-3-5-10)15-13-9-7-11(19-13)14(17)18/h1-5,7,9H,(H,15,16)(H,17,18). The first kappa shape index (κ1) is 12.9. The van der Waals surface area contributed by atoms with Crippen molar-refractivity contribution >= 4 is 28.2 Å². The number of anilines is 1. The van der Waals surface area contributed by atoms with Gasteiger partial charge in [0.2, 0.25) is 0 Å². The van der Waals surface area contributed by atoms with Crippen LogP contribution in [0.25, 0.3) is 0 Å². The van der Waals surface area contributed by atoms with Crippen molar-refractivity contribution < 1.29 is 14.7 Å². The van der Waals surface area contributed by atoms with Gasteiger partial charge >= 0.3 is 11.9 Å². The number of benzene rings is 1.